The average molecular weight is 577 g/mol. The van der Waals surface area contributed by atoms with E-state index in [9.17, 15) is 8.78 Å². The minimum absolute atomic E-state index is 0.0952. The zero-order valence-electron chi connectivity index (χ0n) is 22.7. The van der Waals surface area contributed by atoms with Crippen LogP contribution in [0.2, 0.25) is 5.02 Å². The number of morpholine rings is 2. The van der Waals surface area contributed by atoms with E-state index in [-0.39, 0.29) is 5.75 Å². The SMILES string of the molecule is CC(F)(F)Oc1ccc(N(CCN2CCOCC2)c2ccc3c(OCCN4CCOCC4)ccc(Cl)c3n2)cc1. The van der Waals surface area contributed by atoms with Gasteiger partial charge in [0.25, 0.3) is 0 Å². The fourth-order valence-electron chi connectivity index (χ4n) is 4.88. The van der Waals surface area contributed by atoms with Gasteiger partial charge in [0.2, 0.25) is 0 Å². The molecule has 2 aliphatic rings. The van der Waals surface area contributed by atoms with Crippen molar-refractivity contribution in [1.82, 2.24) is 14.8 Å². The van der Waals surface area contributed by atoms with Gasteiger partial charge in [0.05, 0.1) is 37.0 Å². The van der Waals surface area contributed by atoms with E-state index in [2.05, 4.69) is 14.7 Å². The van der Waals surface area contributed by atoms with Crippen molar-refractivity contribution in [3.63, 3.8) is 0 Å². The first-order valence-corrected chi connectivity index (χ1v) is 14.0. The summed E-state index contributed by atoms with van der Waals surface area (Å²) in [6.07, 6.45) is -3.25. The maximum Gasteiger partial charge on any atom is 0.394 e. The Kier molecular flexibility index (Phi) is 9.54. The summed E-state index contributed by atoms with van der Waals surface area (Å²) in [5.41, 5.74) is 1.45. The number of fused-ring (bicyclic) bond motifs is 1. The zero-order valence-corrected chi connectivity index (χ0v) is 23.4. The Labute approximate surface area is 238 Å². The molecule has 0 atom stereocenters. The summed E-state index contributed by atoms with van der Waals surface area (Å²) in [6.45, 7) is 9.94. The smallest absolute Gasteiger partial charge is 0.394 e. The van der Waals surface area contributed by atoms with Gasteiger partial charge in [0, 0.05) is 63.8 Å². The van der Waals surface area contributed by atoms with Gasteiger partial charge in [-0.15, -0.1) is 0 Å². The van der Waals surface area contributed by atoms with Crippen LogP contribution in [0, 0.1) is 0 Å². The Morgan fingerprint density at radius 3 is 2.20 bits per heavy atom. The first-order chi connectivity index (χ1) is 19.4. The number of aromatic nitrogens is 1. The number of alkyl halides is 2. The van der Waals surface area contributed by atoms with E-state index >= 15 is 0 Å². The van der Waals surface area contributed by atoms with Gasteiger partial charge in [0.15, 0.2) is 0 Å². The second kappa shape index (κ2) is 13.3. The second-order valence-electron chi connectivity index (χ2n) is 9.92. The van der Waals surface area contributed by atoms with Crippen molar-refractivity contribution in [1.29, 1.82) is 0 Å². The summed E-state index contributed by atoms with van der Waals surface area (Å²) in [5.74, 6) is 1.52. The fraction of sp³-hybridized carbons (Fsp3) is 0.483. The fourth-order valence-corrected chi connectivity index (χ4v) is 5.08. The maximum atomic E-state index is 13.4. The standard InChI is InChI=1S/C29H35ClF2N4O4/c1-29(31,32)40-23-4-2-22(3-5-23)36(11-10-34-12-17-37-18-13-34)27-9-6-24-26(8-7-25(30)28(24)33-27)39-21-16-35-14-19-38-20-15-35/h2-9H,10-21H2,1H3. The summed E-state index contributed by atoms with van der Waals surface area (Å²) in [4.78, 5) is 11.7. The van der Waals surface area contributed by atoms with Gasteiger partial charge in [-0.2, -0.15) is 8.78 Å². The summed E-state index contributed by atoms with van der Waals surface area (Å²) < 4.78 is 48.5. The summed E-state index contributed by atoms with van der Waals surface area (Å²) in [6, 6.07) is 14.2. The lowest BCUT2D eigenvalue weighted by Gasteiger charge is -2.31. The number of hydrogen-bond donors (Lipinski definition) is 0. The van der Waals surface area contributed by atoms with E-state index < -0.39 is 6.11 Å². The Morgan fingerprint density at radius 1 is 0.900 bits per heavy atom. The van der Waals surface area contributed by atoms with Crippen LogP contribution in [0.15, 0.2) is 48.5 Å². The number of benzene rings is 2. The molecule has 2 saturated heterocycles. The highest BCUT2D eigenvalue weighted by Crippen LogP contribution is 2.34. The zero-order chi connectivity index (χ0) is 28.0. The largest absolute Gasteiger partial charge is 0.492 e. The van der Waals surface area contributed by atoms with E-state index in [1.165, 1.54) is 0 Å². The Morgan fingerprint density at radius 2 is 1.55 bits per heavy atom. The van der Waals surface area contributed by atoms with Crippen LogP contribution in [-0.4, -0.2) is 99.7 Å². The third kappa shape index (κ3) is 7.70. The van der Waals surface area contributed by atoms with E-state index in [4.69, 9.17) is 35.5 Å². The molecule has 0 amide bonds. The number of rotatable bonds is 11. The molecule has 3 aromatic rings. The molecule has 5 rings (SSSR count). The first-order valence-electron chi connectivity index (χ1n) is 13.6. The molecule has 0 spiro atoms. The molecule has 8 nitrogen and oxygen atoms in total. The van der Waals surface area contributed by atoms with Crippen LogP contribution in [0.3, 0.4) is 0 Å². The van der Waals surface area contributed by atoms with Gasteiger partial charge < -0.3 is 23.8 Å². The van der Waals surface area contributed by atoms with Crippen LogP contribution in [0.1, 0.15) is 6.92 Å². The average Bonchev–Trinajstić information content (AvgIpc) is 2.96. The second-order valence-corrected chi connectivity index (χ2v) is 10.3. The number of anilines is 2. The molecule has 0 bridgehead atoms. The Hall–Kier alpha value is -2.76. The van der Waals surface area contributed by atoms with Crippen molar-refractivity contribution in [2.45, 2.75) is 13.0 Å². The predicted octanol–water partition coefficient (Wildman–Crippen LogP) is 5.06. The number of hydrogen-bond acceptors (Lipinski definition) is 8. The van der Waals surface area contributed by atoms with Crippen LogP contribution < -0.4 is 14.4 Å². The molecule has 0 radical (unpaired) electrons. The van der Waals surface area contributed by atoms with Gasteiger partial charge in [-0.05, 0) is 48.5 Å². The maximum absolute atomic E-state index is 13.4. The highest BCUT2D eigenvalue weighted by molar-refractivity contribution is 6.35. The van der Waals surface area contributed by atoms with Crippen LogP contribution in [0.5, 0.6) is 11.5 Å². The summed E-state index contributed by atoms with van der Waals surface area (Å²) >= 11 is 6.62. The van der Waals surface area contributed by atoms with E-state index in [1.54, 1.807) is 30.3 Å². The lowest BCUT2D eigenvalue weighted by atomic mass is 10.2. The van der Waals surface area contributed by atoms with Gasteiger partial charge in [-0.3, -0.25) is 9.80 Å². The molecule has 2 fully saturated rings. The number of halogens is 3. The molecule has 2 aliphatic heterocycles. The quantitative estimate of drug-likeness (QED) is 0.314. The molecule has 3 heterocycles. The highest BCUT2D eigenvalue weighted by atomic mass is 35.5. The molecule has 11 heteroatoms. The summed E-state index contributed by atoms with van der Waals surface area (Å²) in [5, 5.41) is 1.36. The topological polar surface area (TPSA) is 59.5 Å². The van der Waals surface area contributed by atoms with Crippen molar-refractivity contribution in [3.8, 4) is 11.5 Å². The van der Waals surface area contributed by atoms with Crippen molar-refractivity contribution in [2.75, 3.05) is 83.7 Å². The van der Waals surface area contributed by atoms with Crippen LogP contribution in [0.25, 0.3) is 10.9 Å². The third-order valence-electron chi connectivity index (χ3n) is 6.99. The Bertz CT molecular complexity index is 1250. The van der Waals surface area contributed by atoms with Gasteiger partial charge >= 0.3 is 6.11 Å². The molecule has 0 saturated carbocycles. The van der Waals surface area contributed by atoms with E-state index in [0.29, 0.717) is 42.7 Å². The van der Waals surface area contributed by atoms with E-state index in [0.717, 1.165) is 76.2 Å². The lowest BCUT2D eigenvalue weighted by molar-refractivity contribution is -0.158. The molecule has 0 N–H and O–H groups in total. The van der Waals surface area contributed by atoms with Gasteiger partial charge in [-0.25, -0.2) is 4.98 Å². The van der Waals surface area contributed by atoms with Crippen molar-refractivity contribution in [2.24, 2.45) is 0 Å². The lowest BCUT2D eigenvalue weighted by Crippen LogP contribution is -2.40. The number of pyridine rings is 1. The van der Waals surface area contributed by atoms with Gasteiger partial charge in [0.1, 0.15) is 23.9 Å². The van der Waals surface area contributed by atoms with Crippen molar-refractivity contribution >= 4 is 34.0 Å². The first kappa shape index (κ1) is 28.8. The monoisotopic (exact) mass is 576 g/mol. The van der Waals surface area contributed by atoms with Crippen LogP contribution in [0.4, 0.5) is 20.3 Å². The molecule has 0 aliphatic carbocycles. The minimum atomic E-state index is -3.25. The van der Waals surface area contributed by atoms with Crippen LogP contribution >= 0.6 is 11.6 Å². The third-order valence-corrected chi connectivity index (χ3v) is 7.29. The van der Waals surface area contributed by atoms with Crippen LogP contribution in [-0.2, 0) is 9.47 Å². The molecular formula is C29H35ClF2N4O4. The highest BCUT2D eigenvalue weighted by Gasteiger charge is 2.23. The van der Waals surface area contributed by atoms with Crippen molar-refractivity contribution in [3.05, 3.63) is 53.6 Å². The normalized spacial score (nSPS) is 17.2. The van der Waals surface area contributed by atoms with E-state index in [1.807, 2.05) is 18.2 Å². The molecule has 0 unspecified atom stereocenters. The molecule has 216 valence electrons. The predicted molar refractivity (Wildman–Crippen MR) is 151 cm³/mol. The molecule has 2 aromatic carbocycles. The molecular weight excluding hydrogens is 542 g/mol. The Balaban J connectivity index is 1.38. The minimum Gasteiger partial charge on any atom is -0.492 e. The molecule has 1 aromatic heterocycles. The summed E-state index contributed by atoms with van der Waals surface area (Å²) in [7, 11) is 0. The number of nitrogens with zero attached hydrogens (tertiary/aromatic N) is 4. The van der Waals surface area contributed by atoms with Gasteiger partial charge in [-0.1, -0.05) is 11.6 Å². The van der Waals surface area contributed by atoms with Crippen molar-refractivity contribution < 1.29 is 27.7 Å². The number of ether oxygens (including phenoxy) is 4. The molecule has 40 heavy (non-hydrogen) atoms.